The van der Waals surface area contributed by atoms with E-state index in [-0.39, 0.29) is 25.5 Å². The Balaban J connectivity index is 1.95. The molecule has 0 radical (unpaired) electrons. The number of rotatable bonds is 6. The van der Waals surface area contributed by atoms with Gasteiger partial charge in [-0.1, -0.05) is 28.1 Å². The molecular formula is C16H16BrNO4. The van der Waals surface area contributed by atoms with Gasteiger partial charge in [-0.25, -0.2) is 0 Å². The standard InChI is InChI=1S/C16H16BrNO4/c1-18(7-6-16(20)21)15(19)10-22-14-5-3-11-8-13(17)4-2-12(11)9-14/h2-5,8-9H,6-7,10H2,1H3,(H,20,21). The third kappa shape index (κ3) is 4.46. The molecule has 1 amide bonds. The van der Waals surface area contributed by atoms with E-state index in [1.165, 1.54) is 4.90 Å². The number of fused-ring (bicyclic) bond motifs is 1. The fourth-order valence-corrected chi connectivity index (χ4v) is 2.31. The van der Waals surface area contributed by atoms with E-state index >= 15 is 0 Å². The summed E-state index contributed by atoms with van der Waals surface area (Å²) in [7, 11) is 1.56. The highest BCUT2D eigenvalue weighted by Gasteiger charge is 2.11. The lowest BCUT2D eigenvalue weighted by atomic mass is 10.1. The molecule has 0 aliphatic carbocycles. The van der Waals surface area contributed by atoms with E-state index in [0.29, 0.717) is 5.75 Å². The van der Waals surface area contributed by atoms with Crippen LogP contribution in [0.2, 0.25) is 0 Å². The van der Waals surface area contributed by atoms with Gasteiger partial charge in [-0.3, -0.25) is 9.59 Å². The number of halogens is 1. The number of hydrogen-bond donors (Lipinski definition) is 1. The number of hydrogen-bond acceptors (Lipinski definition) is 3. The molecule has 2 aromatic carbocycles. The van der Waals surface area contributed by atoms with Crippen molar-refractivity contribution in [1.82, 2.24) is 4.90 Å². The fourth-order valence-electron chi connectivity index (χ4n) is 1.93. The van der Waals surface area contributed by atoms with Crippen LogP contribution in [0.3, 0.4) is 0 Å². The molecule has 22 heavy (non-hydrogen) atoms. The average molecular weight is 366 g/mol. The van der Waals surface area contributed by atoms with Crippen molar-refractivity contribution in [2.75, 3.05) is 20.2 Å². The van der Waals surface area contributed by atoms with Gasteiger partial charge in [0.05, 0.1) is 6.42 Å². The molecule has 0 aliphatic rings. The zero-order chi connectivity index (χ0) is 16.1. The molecular weight excluding hydrogens is 350 g/mol. The molecule has 0 aromatic heterocycles. The molecule has 2 aromatic rings. The quantitative estimate of drug-likeness (QED) is 0.854. The first-order valence-electron chi connectivity index (χ1n) is 6.73. The monoisotopic (exact) mass is 365 g/mol. The lowest BCUT2D eigenvalue weighted by molar-refractivity contribution is -0.138. The normalized spacial score (nSPS) is 10.5. The minimum Gasteiger partial charge on any atom is -0.484 e. The third-order valence-electron chi connectivity index (χ3n) is 3.22. The van der Waals surface area contributed by atoms with Crippen LogP contribution in [-0.2, 0) is 9.59 Å². The van der Waals surface area contributed by atoms with Crippen LogP contribution in [-0.4, -0.2) is 42.1 Å². The summed E-state index contributed by atoms with van der Waals surface area (Å²) in [6.45, 7) is 0.0570. The van der Waals surface area contributed by atoms with Crippen molar-refractivity contribution < 1.29 is 19.4 Å². The molecule has 0 saturated carbocycles. The highest BCUT2D eigenvalue weighted by Crippen LogP contribution is 2.24. The number of amides is 1. The molecule has 1 N–H and O–H groups in total. The van der Waals surface area contributed by atoms with Crippen molar-refractivity contribution in [3.63, 3.8) is 0 Å². The number of likely N-dealkylation sites (N-methyl/N-ethyl adjacent to an activating group) is 1. The minimum atomic E-state index is -0.929. The molecule has 2 rings (SSSR count). The number of carboxylic acids is 1. The third-order valence-corrected chi connectivity index (χ3v) is 3.72. The summed E-state index contributed by atoms with van der Waals surface area (Å²) in [5, 5.41) is 10.7. The highest BCUT2D eigenvalue weighted by atomic mass is 79.9. The van der Waals surface area contributed by atoms with Gasteiger partial charge in [0.1, 0.15) is 5.75 Å². The summed E-state index contributed by atoms with van der Waals surface area (Å²) in [5.74, 6) is -0.576. The maximum atomic E-state index is 11.8. The summed E-state index contributed by atoms with van der Waals surface area (Å²) in [5.41, 5.74) is 0. The van der Waals surface area contributed by atoms with E-state index in [0.717, 1.165) is 15.2 Å². The first kappa shape index (κ1) is 16.3. The van der Waals surface area contributed by atoms with Gasteiger partial charge >= 0.3 is 5.97 Å². The second kappa shape index (κ2) is 7.26. The van der Waals surface area contributed by atoms with E-state index in [4.69, 9.17) is 9.84 Å². The predicted octanol–water partition coefficient (Wildman–Crippen LogP) is 2.91. The number of carbonyl (C=O) groups excluding carboxylic acids is 1. The van der Waals surface area contributed by atoms with Crippen LogP contribution in [0, 0.1) is 0 Å². The van der Waals surface area contributed by atoms with E-state index < -0.39 is 5.97 Å². The number of carboxylic acid groups (broad SMARTS) is 1. The molecule has 0 saturated heterocycles. The highest BCUT2D eigenvalue weighted by molar-refractivity contribution is 9.10. The number of nitrogens with zero attached hydrogens (tertiary/aromatic N) is 1. The van der Waals surface area contributed by atoms with Crippen LogP contribution < -0.4 is 4.74 Å². The van der Waals surface area contributed by atoms with Crippen molar-refractivity contribution in [3.05, 3.63) is 40.9 Å². The molecule has 0 atom stereocenters. The van der Waals surface area contributed by atoms with E-state index in [1.54, 1.807) is 13.1 Å². The number of benzene rings is 2. The van der Waals surface area contributed by atoms with Gasteiger partial charge in [0.2, 0.25) is 0 Å². The van der Waals surface area contributed by atoms with Gasteiger partial charge in [-0.2, -0.15) is 0 Å². The van der Waals surface area contributed by atoms with Crippen LogP contribution in [0.4, 0.5) is 0 Å². The van der Waals surface area contributed by atoms with Gasteiger partial charge < -0.3 is 14.7 Å². The summed E-state index contributed by atoms with van der Waals surface area (Å²) in [6.07, 6.45) is -0.0763. The Kier molecular flexibility index (Phi) is 5.38. The Morgan fingerprint density at radius 2 is 1.86 bits per heavy atom. The van der Waals surface area contributed by atoms with Crippen molar-refractivity contribution in [1.29, 1.82) is 0 Å². The second-order valence-electron chi connectivity index (χ2n) is 4.90. The second-order valence-corrected chi connectivity index (χ2v) is 5.82. The number of aliphatic carboxylic acids is 1. The van der Waals surface area contributed by atoms with E-state index in [1.807, 2.05) is 30.3 Å². The van der Waals surface area contributed by atoms with Gasteiger partial charge in [-0.15, -0.1) is 0 Å². The maximum absolute atomic E-state index is 11.8. The first-order valence-corrected chi connectivity index (χ1v) is 7.53. The minimum absolute atomic E-state index is 0.0763. The number of carbonyl (C=O) groups is 2. The number of ether oxygens (including phenoxy) is 1. The molecule has 5 nitrogen and oxygen atoms in total. The van der Waals surface area contributed by atoms with Crippen LogP contribution in [0.1, 0.15) is 6.42 Å². The maximum Gasteiger partial charge on any atom is 0.305 e. The Hall–Kier alpha value is -2.08. The Morgan fingerprint density at radius 1 is 1.18 bits per heavy atom. The summed E-state index contributed by atoms with van der Waals surface area (Å²) in [6, 6.07) is 11.5. The Morgan fingerprint density at radius 3 is 2.59 bits per heavy atom. The van der Waals surface area contributed by atoms with Crippen LogP contribution in [0.5, 0.6) is 5.75 Å². The Bertz CT molecular complexity index is 702. The molecule has 0 spiro atoms. The molecule has 0 aliphatic heterocycles. The Labute approximate surface area is 136 Å². The van der Waals surface area contributed by atoms with Crippen molar-refractivity contribution in [3.8, 4) is 5.75 Å². The molecule has 0 fully saturated rings. The fraction of sp³-hybridized carbons (Fsp3) is 0.250. The van der Waals surface area contributed by atoms with Crippen molar-refractivity contribution in [2.45, 2.75) is 6.42 Å². The van der Waals surface area contributed by atoms with Crippen molar-refractivity contribution in [2.24, 2.45) is 0 Å². The molecule has 0 unspecified atom stereocenters. The lowest BCUT2D eigenvalue weighted by Gasteiger charge is -2.16. The van der Waals surface area contributed by atoms with Gasteiger partial charge in [0.15, 0.2) is 6.61 Å². The lowest BCUT2D eigenvalue weighted by Crippen LogP contribution is -2.33. The summed E-state index contributed by atoms with van der Waals surface area (Å²) < 4.78 is 6.49. The van der Waals surface area contributed by atoms with E-state index in [2.05, 4.69) is 15.9 Å². The summed E-state index contributed by atoms with van der Waals surface area (Å²) in [4.78, 5) is 23.7. The largest absolute Gasteiger partial charge is 0.484 e. The van der Waals surface area contributed by atoms with Crippen LogP contribution >= 0.6 is 15.9 Å². The van der Waals surface area contributed by atoms with E-state index in [9.17, 15) is 9.59 Å². The van der Waals surface area contributed by atoms with Crippen molar-refractivity contribution >= 4 is 38.6 Å². The van der Waals surface area contributed by atoms with Crippen LogP contribution in [0.25, 0.3) is 10.8 Å². The molecule has 0 bridgehead atoms. The average Bonchev–Trinajstić information content (AvgIpc) is 2.50. The SMILES string of the molecule is CN(CCC(=O)O)C(=O)COc1ccc2cc(Br)ccc2c1. The van der Waals surface area contributed by atoms with Gasteiger partial charge in [-0.05, 0) is 35.0 Å². The first-order chi connectivity index (χ1) is 10.5. The van der Waals surface area contributed by atoms with Gasteiger partial charge in [0.25, 0.3) is 5.91 Å². The van der Waals surface area contributed by atoms with Crippen LogP contribution in [0.15, 0.2) is 40.9 Å². The summed E-state index contributed by atoms with van der Waals surface area (Å²) >= 11 is 3.42. The topological polar surface area (TPSA) is 66.8 Å². The molecule has 6 heteroatoms. The predicted molar refractivity (Wildman–Crippen MR) is 87.0 cm³/mol. The smallest absolute Gasteiger partial charge is 0.305 e. The zero-order valence-corrected chi connectivity index (χ0v) is 13.7. The molecule has 116 valence electrons. The zero-order valence-electron chi connectivity index (χ0n) is 12.1. The molecule has 0 heterocycles. The van der Waals surface area contributed by atoms with Gasteiger partial charge in [0, 0.05) is 18.1 Å².